The Balaban J connectivity index is -0.000000174. The number of para-hydroxylation sites is 1. The zero-order valence-electron chi connectivity index (χ0n) is 27.5. The van der Waals surface area contributed by atoms with Gasteiger partial charge in [0.2, 0.25) is 5.91 Å². The Hall–Kier alpha value is -1.87. The SMILES string of the molecule is C.C.CCc1cc(Cl)cc(Cl)c1N.CCc1cc(Cl)cc(Cl)c1NC(C)=O.CCc1cc(Cl)ccc1N.CCc1ccccc1N.Cl.ClCl.[B]. The second-order valence-corrected chi connectivity index (χ2v) is 11.6. The fourth-order valence-electron chi connectivity index (χ4n) is 3.89. The molecule has 0 spiro atoms. The van der Waals surface area contributed by atoms with Gasteiger partial charge < -0.3 is 22.5 Å². The molecule has 0 atom stereocenters. The maximum atomic E-state index is 10.9. The van der Waals surface area contributed by atoms with Crippen LogP contribution in [0.2, 0.25) is 25.1 Å². The molecule has 0 fully saturated rings. The topological polar surface area (TPSA) is 107 Å². The van der Waals surface area contributed by atoms with Crippen LogP contribution in [0.25, 0.3) is 0 Å². The van der Waals surface area contributed by atoms with E-state index in [1.54, 1.807) is 24.3 Å². The Morgan fingerprint density at radius 2 is 1.02 bits per heavy atom. The molecule has 1 amide bonds. The monoisotopic (exact) mass is 845 g/mol. The fraction of sp³-hybridized carbons (Fsp3) is 0.306. The van der Waals surface area contributed by atoms with Crippen molar-refractivity contribution in [2.45, 2.75) is 75.2 Å². The van der Waals surface area contributed by atoms with Gasteiger partial charge in [-0.05, 0) is 96.5 Å². The van der Waals surface area contributed by atoms with Crippen LogP contribution in [0, 0.1) is 0 Å². The Morgan fingerprint density at radius 1 is 0.600 bits per heavy atom. The minimum Gasteiger partial charge on any atom is -0.399 e. The van der Waals surface area contributed by atoms with Crippen LogP contribution in [-0.2, 0) is 30.5 Å². The van der Waals surface area contributed by atoms with Crippen molar-refractivity contribution in [2.75, 3.05) is 22.5 Å². The molecule has 5 nitrogen and oxygen atoms in total. The maximum Gasteiger partial charge on any atom is 0.221 e. The standard InChI is InChI=1S/C10H11Cl2NO.C8H9Cl2N.C8H10ClN.C8H11N.2CH4.B.Cl2.ClH/c1-3-7-4-8(11)5-9(12)10(7)13-6(2)14;1-2-5-3-6(9)4-7(10)8(5)11;1-2-6-5-7(9)3-4-8(6)10;1-2-7-5-3-4-6-8(7)9;;;;1-2;/h4-5H,3H2,1-2H3,(H,13,14);3-4H,2,11H2,1H3;3-5H,2,10H2,1H3;3-6H,2,9H2,1H3;2*1H4;;;1H. The quantitative estimate of drug-likeness (QED) is 0.118. The molecular formula is C36H50BCl8N4O. The predicted molar refractivity (Wildman–Crippen MR) is 234 cm³/mol. The molecule has 279 valence electrons. The van der Waals surface area contributed by atoms with E-state index in [1.165, 1.54) is 12.5 Å². The summed E-state index contributed by atoms with van der Waals surface area (Å²) < 4.78 is 0. The molecule has 0 aliphatic rings. The molecule has 4 rings (SSSR count). The smallest absolute Gasteiger partial charge is 0.221 e. The Bertz CT molecular complexity index is 1530. The number of rotatable bonds is 5. The van der Waals surface area contributed by atoms with E-state index in [-0.39, 0.29) is 41.6 Å². The minimum absolute atomic E-state index is 0. The number of nitrogen functional groups attached to an aromatic ring is 3. The summed E-state index contributed by atoms with van der Waals surface area (Å²) in [5.74, 6) is -0.135. The van der Waals surface area contributed by atoms with Crippen molar-refractivity contribution in [1.82, 2.24) is 0 Å². The number of carbonyl (C=O) groups is 1. The van der Waals surface area contributed by atoms with Crippen molar-refractivity contribution in [2.24, 2.45) is 0 Å². The summed E-state index contributed by atoms with van der Waals surface area (Å²) in [6, 6.07) is 20.4. The number of halogens is 8. The number of nitrogens with two attached hydrogens (primary N) is 3. The van der Waals surface area contributed by atoms with E-state index in [2.05, 4.69) is 46.9 Å². The number of hydrogen-bond donors (Lipinski definition) is 4. The second kappa shape index (κ2) is 31.8. The second-order valence-electron chi connectivity index (χ2n) is 9.52. The van der Waals surface area contributed by atoms with Gasteiger partial charge in [-0.1, -0.05) is 119 Å². The third-order valence-corrected chi connectivity index (χ3v) is 7.58. The highest BCUT2D eigenvalue weighted by molar-refractivity contribution is 6.85. The molecule has 0 aliphatic heterocycles. The first-order valence-corrected chi connectivity index (χ1v) is 17.3. The molecule has 14 heteroatoms. The third kappa shape index (κ3) is 21.5. The van der Waals surface area contributed by atoms with Gasteiger partial charge in [0.15, 0.2) is 0 Å². The van der Waals surface area contributed by atoms with Crippen LogP contribution in [0.3, 0.4) is 0 Å². The van der Waals surface area contributed by atoms with Gasteiger partial charge in [0.25, 0.3) is 0 Å². The van der Waals surface area contributed by atoms with Crippen LogP contribution in [0.5, 0.6) is 0 Å². The molecule has 0 saturated carbocycles. The molecule has 4 aromatic rings. The predicted octanol–water partition coefficient (Wildman–Crippen LogP) is 13.7. The number of amides is 1. The van der Waals surface area contributed by atoms with E-state index in [9.17, 15) is 4.79 Å². The fourth-order valence-corrected chi connectivity index (χ4v) is 5.20. The van der Waals surface area contributed by atoms with E-state index in [0.717, 1.165) is 58.8 Å². The van der Waals surface area contributed by atoms with Crippen LogP contribution in [0.15, 0.2) is 66.7 Å². The Kier molecular flexibility index (Phi) is 36.6. The highest BCUT2D eigenvalue weighted by atomic mass is 36.5. The van der Waals surface area contributed by atoms with Crippen LogP contribution in [0.4, 0.5) is 22.7 Å². The van der Waals surface area contributed by atoms with Gasteiger partial charge in [0.05, 0.1) is 21.4 Å². The average molecular weight is 849 g/mol. The van der Waals surface area contributed by atoms with Gasteiger partial charge in [-0.25, -0.2) is 0 Å². The number of benzene rings is 4. The molecule has 0 aliphatic carbocycles. The van der Waals surface area contributed by atoms with Crippen molar-refractivity contribution in [3.8, 4) is 0 Å². The van der Waals surface area contributed by atoms with Crippen molar-refractivity contribution in [3.05, 3.63) is 114 Å². The average Bonchev–Trinajstić information content (AvgIpc) is 3.03. The van der Waals surface area contributed by atoms with Gasteiger partial charge in [0, 0.05) is 63.5 Å². The molecular weight excluding hydrogens is 799 g/mol. The van der Waals surface area contributed by atoms with Crippen LogP contribution < -0.4 is 22.5 Å². The van der Waals surface area contributed by atoms with Crippen LogP contribution in [-0.4, -0.2) is 14.3 Å². The molecule has 0 saturated heterocycles. The van der Waals surface area contributed by atoms with E-state index in [1.807, 2.05) is 50.2 Å². The summed E-state index contributed by atoms with van der Waals surface area (Å²) in [6.07, 6.45) is 3.58. The summed E-state index contributed by atoms with van der Waals surface area (Å²) in [7, 11) is 8.22. The molecule has 0 heterocycles. The lowest BCUT2D eigenvalue weighted by atomic mass is 10.1. The normalized spacial score (nSPS) is 8.80. The van der Waals surface area contributed by atoms with Crippen LogP contribution >= 0.6 is 92.1 Å². The molecule has 50 heavy (non-hydrogen) atoms. The highest BCUT2D eigenvalue weighted by Crippen LogP contribution is 2.30. The summed E-state index contributed by atoms with van der Waals surface area (Å²) >= 11 is 29.1. The van der Waals surface area contributed by atoms with E-state index < -0.39 is 0 Å². The molecule has 0 unspecified atom stereocenters. The first-order chi connectivity index (χ1) is 21.8. The number of carbonyl (C=O) groups excluding carboxylic acids is 1. The highest BCUT2D eigenvalue weighted by Gasteiger charge is 2.09. The van der Waals surface area contributed by atoms with Crippen LogP contribution in [0.1, 0.15) is 71.7 Å². The number of nitrogens with one attached hydrogen (secondary N) is 1. The molecule has 0 bridgehead atoms. The first-order valence-electron chi connectivity index (χ1n) is 14.3. The van der Waals surface area contributed by atoms with Crippen molar-refractivity contribution in [3.63, 3.8) is 0 Å². The van der Waals surface area contributed by atoms with Crippen molar-refractivity contribution >= 4 is 129 Å². The lowest BCUT2D eigenvalue weighted by molar-refractivity contribution is -0.114. The molecule has 4 aromatic carbocycles. The zero-order chi connectivity index (χ0) is 35.4. The van der Waals surface area contributed by atoms with Gasteiger partial charge in [-0.2, -0.15) is 0 Å². The first kappa shape index (κ1) is 57.5. The summed E-state index contributed by atoms with van der Waals surface area (Å²) in [6.45, 7) is 9.60. The minimum atomic E-state index is -0.135. The zero-order valence-corrected chi connectivity index (χ0v) is 33.6. The summed E-state index contributed by atoms with van der Waals surface area (Å²) in [4.78, 5) is 10.9. The Morgan fingerprint density at radius 3 is 1.44 bits per heavy atom. The van der Waals surface area contributed by atoms with Gasteiger partial charge >= 0.3 is 0 Å². The number of aryl methyl sites for hydroxylation is 4. The van der Waals surface area contributed by atoms with Crippen molar-refractivity contribution in [1.29, 1.82) is 0 Å². The third-order valence-electron chi connectivity index (χ3n) is 6.30. The van der Waals surface area contributed by atoms with Gasteiger partial charge in [-0.3, -0.25) is 4.79 Å². The summed E-state index contributed by atoms with van der Waals surface area (Å²) in [5.41, 5.74) is 24.3. The van der Waals surface area contributed by atoms with E-state index in [0.29, 0.717) is 31.5 Å². The van der Waals surface area contributed by atoms with Gasteiger partial charge in [-0.15, -0.1) is 12.4 Å². The largest absolute Gasteiger partial charge is 0.399 e. The molecule has 0 aromatic heterocycles. The maximum absolute atomic E-state index is 10.9. The molecule has 3 radical (unpaired) electrons. The number of hydrogen-bond acceptors (Lipinski definition) is 4. The van der Waals surface area contributed by atoms with E-state index >= 15 is 0 Å². The van der Waals surface area contributed by atoms with Gasteiger partial charge in [0.1, 0.15) is 0 Å². The number of anilines is 4. The lowest BCUT2D eigenvalue weighted by Crippen LogP contribution is -2.08. The Labute approximate surface area is 343 Å². The van der Waals surface area contributed by atoms with Crippen molar-refractivity contribution < 1.29 is 4.79 Å². The lowest BCUT2D eigenvalue weighted by Gasteiger charge is -2.10. The van der Waals surface area contributed by atoms with E-state index in [4.69, 9.17) is 75.2 Å². The summed E-state index contributed by atoms with van der Waals surface area (Å²) in [5, 5.41) is 5.68. The molecule has 7 N–H and O–H groups in total.